The number of carbonyl (C=O) groups is 1. The number of nitrogens with one attached hydrogen (secondary N) is 1. The second-order valence-corrected chi connectivity index (χ2v) is 4.27. The Hall–Kier alpha value is -2.16. The van der Waals surface area contributed by atoms with E-state index in [0.717, 1.165) is 0 Å². The molecule has 0 bridgehead atoms. The molecule has 1 aromatic rings. The van der Waals surface area contributed by atoms with Gasteiger partial charge in [-0.05, 0) is 20.3 Å². The maximum atomic E-state index is 10.5. The Balaban J connectivity index is 2.76. The van der Waals surface area contributed by atoms with Gasteiger partial charge in [-0.15, -0.1) is 0 Å². The van der Waals surface area contributed by atoms with Crippen molar-refractivity contribution in [2.45, 2.75) is 32.2 Å². The van der Waals surface area contributed by atoms with E-state index < -0.39 is 11.5 Å². The summed E-state index contributed by atoms with van der Waals surface area (Å²) in [4.78, 5) is 18.4. The number of rotatable bonds is 5. The number of aliphatic carboxylic acids is 1. The van der Waals surface area contributed by atoms with Crippen LogP contribution in [-0.4, -0.2) is 26.6 Å². The Bertz CT molecular complexity index is 451. The van der Waals surface area contributed by atoms with Crippen LogP contribution in [0.3, 0.4) is 0 Å². The lowest BCUT2D eigenvalue weighted by atomic mass is 9.98. The monoisotopic (exact) mass is 234 g/mol. The molecule has 0 saturated heterocycles. The lowest BCUT2D eigenvalue weighted by Crippen LogP contribution is -2.32. The zero-order chi connectivity index (χ0) is 12.9. The molecule has 17 heavy (non-hydrogen) atoms. The molecule has 0 aliphatic heterocycles. The number of hydrogen-bond acceptors (Lipinski definition) is 5. The highest BCUT2D eigenvalue weighted by atomic mass is 16.4. The first kappa shape index (κ1) is 12.9. The lowest BCUT2D eigenvalue weighted by molar-refractivity contribution is -0.137. The molecule has 1 aromatic heterocycles. The number of anilines is 1. The first-order valence-electron chi connectivity index (χ1n) is 5.16. The molecule has 1 heterocycles. The maximum Gasteiger partial charge on any atom is 0.303 e. The Morgan fingerprint density at radius 2 is 2.18 bits per heavy atom. The third-order valence-corrected chi connectivity index (χ3v) is 2.22. The third-order valence-electron chi connectivity index (χ3n) is 2.22. The van der Waals surface area contributed by atoms with Crippen LogP contribution in [0.4, 0.5) is 5.82 Å². The van der Waals surface area contributed by atoms with Gasteiger partial charge in [-0.25, -0.2) is 9.97 Å². The van der Waals surface area contributed by atoms with Gasteiger partial charge in [0, 0.05) is 24.4 Å². The Morgan fingerprint density at radius 3 is 2.76 bits per heavy atom. The minimum absolute atomic E-state index is 0.0577. The van der Waals surface area contributed by atoms with E-state index in [9.17, 15) is 4.79 Å². The van der Waals surface area contributed by atoms with Crippen LogP contribution in [-0.2, 0) is 4.79 Å². The Labute approximate surface area is 99.3 Å². The number of nitriles is 1. The molecule has 2 N–H and O–H groups in total. The van der Waals surface area contributed by atoms with Gasteiger partial charge in [0.2, 0.25) is 0 Å². The van der Waals surface area contributed by atoms with Gasteiger partial charge in [-0.1, -0.05) is 0 Å². The van der Waals surface area contributed by atoms with E-state index in [1.54, 1.807) is 0 Å². The standard InChI is InChI=1S/C11H14N4O2/c1-11(2,4-3-9(16)17)15-10-8(7-12)13-5-6-14-10/h5-6H,3-4H2,1-2H3,(H,14,15)(H,16,17). The molecule has 6 nitrogen and oxygen atoms in total. The average molecular weight is 234 g/mol. The summed E-state index contributed by atoms with van der Waals surface area (Å²) in [5.41, 5.74) is -0.254. The zero-order valence-corrected chi connectivity index (χ0v) is 9.77. The molecule has 1 rings (SSSR count). The summed E-state index contributed by atoms with van der Waals surface area (Å²) < 4.78 is 0. The maximum absolute atomic E-state index is 10.5. The summed E-state index contributed by atoms with van der Waals surface area (Å²) in [7, 11) is 0. The molecule has 0 radical (unpaired) electrons. The second-order valence-electron chi connectivity index (χ2n) is 4.27. The molecule has 0 saturated carbocycles. The second kappa shape index (κ2) is 5.25. The minimum atomic E-state index is -0.848. The number of carboxylic acid groups (broad SMARTS) is 1. The molecule has 0 unspecified atom stereocenters. The Morgan fingerprint density at radius 1 is 1.53 bits per heavy atom. The summed E-state index contributed by atoms with van der Waals surface area (Å²) in [6.07, 6.45) is 3.41. The van der Waals surface area contributed by atoms with Crippen molar-refractivity contribution in [1.29, 1.82) is 5.26 Å². The van der Waals surface area contributed by atoms with Crippen LogP contribution < -0.4 is 5.32 Å². The fourth-order valence-electron chi connectivity index (χ4n) is 1.31. The van der Waals surface area contributed by atoms with Crippen LogP contribution in [0.1, 0.15) is 32.4 Å². The van der Waals surface area contributed by atoms with Crippen molar-refractivity contribution < 1.29 is 9.90 Å². The van der Waals surface area contributed by atoms with Crippen LogP contribution >= 0.6 is 0 Å². The van der Waals surface area contributed by atoms with Crippen molar-refractivity contribution in [1.82, 2.24) is 9.97 Å². The summed E-state index contributed by atoms with van der Waals surface area (Å²) >= 11 is 0. The van der Waals surface area contributed by atoms with Crippen molar-refractivity contribution in [3.63, 3.8) is 0 Å². The van der Waals surface area contributed by atoms with Crippen molar-refractivity contribution in [2.75, 3.05) is 5.32 Å². The predicted octanol–water partition coefficient (Wildman–Crippen LogP) is 1.40. The summed E-state index contributed by atoms with van der Waals surface area (Å²) in [6, 6.07) is 1.93. The van der Waals surface area contributed by atoms with Gasteiger partial charge >= 0.3 is 5.97 Å². The molecule has 0 atom stereocenters. The topological polar surface area (TPSA) is 98.9 Å². The van der Waals surface area contributed by atoms with Crippen LogP contribution in [0.25, 0.3) is 0 Å². The highest BCUT2D eigenvalue weighted by molar-refractivity contribution is 5.67. The van der Waals surface area contributed by atoms with Gasteiger partial charge in [-0.3, -0.25) is 4.79 Å². The van der Waals surface area contributed by atoms with Crippen LogP contribution in [0.5, 0.6) is 0 Å². The van der Waals surface area contributed by atoms with Crippen molar-refractivity contribution in [3.8, 4) is 6.07 Å². The van der Waals surface area contributed by atoms with Gasteiger partial charge in [0.15, 0.2) is 11.5 Å². The molecular weight excluding hydrogens is 220 g/mol. The smallest absolute Gasteiger partial charge is 0.303 e. The first-order valence-corrected chi connectivity index (χ1v) is 5.16. The van der Waals surface area contributed by atoms with E-state index >= 15 is 0 Å². The van der Waals surface area contributed by atoms with Gasteiger partial charge in [0.05, 0.1) is 0 Å². The first-order chi connectivity index (χ1) is 7.94. The van der Waals surface area contributed by atoms with Crippen molar-refractivity contribution in [2.24, 2.45) is 0 Å². The molecule has 0 aliphatic rings. The van der Waals surface area contributed by atoms with Gasteiger partial charge < -0.3 is 10.4 Å². The largest absolute Gasteiger partial charge is 0.481 e. The summed E-state index contributed by atoms with van der Waals surface area (Å²) in [6.45, 7) is 3.71. The number of aromatic nitrogens is 2. The molecule has 90 valence electrons. The Kier molecular flexibility index (Phi) is 3.99. The van der Waals surface area contributed by atoms with E-state index in [-0.39, 0.29) is 12.1 Å². The number of hydrogen-bond donors (Lipinski definition) is 2. The highest BCUT2D eigenvalue weighted by Gasteiger charge is 2.21. The molecule has 0 spiro atoms. The fraction of sp³-hybridized carbons (Fsp3) is 0.455. The van der Waals surface area contributed by atoms with E-state index in [1.807, 2.05) is 19.9 Å². The van der Waals surface area contributed by atoms with E-state index in [1.165, 1.54) is 12.4 Å². The normalized spacial score (nSPS) is 10.6. The van der Waals surface area contributed by atoms with Crippen LogP contribution in [0.15, 0.2) is 12.4 Å². The molecule has 0 aromatic carbocycles. The minimum Gasteiger partial charge on any atom is -0.481 e. The number of nitrogens with zero attached hydrogens (tertiary/aromatic N) is 3. The predicted molar refractivity (Wildman–Crippen MR) is 61.3 cm³/mol. The quantitative estimate of drug-likeness (QED) is 0.799. The molecular formula is C11H14N4O2. The van der Waals surface area contributed by atoms with E-state index in [0.29, 0.717) is 12.2 Å². The SMILES string of the molecule is CC(C)(CCC(=O)O)Nc1nccnc1C#N. The van der Waals surface area contributed by atoms with Gasteiger partial charge in [-0.2, -0.15) is 5.26 Å². The van der Waals surface area contributed by atoms with Gasteiger partial charge in [0.25, 0.3) is 0 Å². The summed E-state index contributed by atoms with van der Waals surface area (Å²) in [5, 5.41) is 20.5. The molecule has 0 fully saturated rings. The van der Waals surface area contributed by atoms with Crippen LogP contribution in [0, 0.1) is 11.3 Å². The van der Waals surface area contributed by atoms with Crippen molar-refractivity contribution in [3.05, 3.63) is 18.1 Å². The third kappa shape index (κ3) is 4.07. The highest BCUT2D eigenvalue weighted by Crippen LogP contribution is 2.19. The molecule has 6 heteroatoms. The fourth-order valence-corrected chi connectivity index (χ4v) is 1.31. The van der Waals surface area contributed by atoms with Gasteiger partial charge in [0.1, 0.15) is 6.07 Å². The summed E-state index contributed by atoms with van der Waals surface area (Å²) in [5.74, 6) is -0.468. The van der Waals surface area contributed by atoms with Crippen LogP contribution in [0.2, 0.25) is 0 Å². The average Bonchev–Trinajstić information content (AvgIpc) is 2.27. The zero-order valence-electron chi connectivity index (χ0n) is 9.77. The molecule has 0 aliphatic carbocycles. The number of carboxylic acids is 1. The lowest BCUT2D eigenvalue weighted by Gasteiger charge is -2.26. The van der Waals surface area contributed by atoms with Crippen molar-refractivity contribution >= 4 is 11.8 Å². The van der Waals surface area contributed by atoms with E-state index in [2.05, 4.69) is 15.3 Å². The van der Waals surface area contributed by atoms with E-state index in [4.69, 9.17) is 10.4 Å². The molecule has 0 amide bonds.